The predicted molar refractivity (Wildman–Crippen MR) is 86.5 cm³/mol. The van der Waals surface area contributed by atoms with Gasteiger partial charge in [0.1, 0.15) is 0 Å². The summed E-state index contributed by atoms with van der Waals surface area (Å²) < 4.78 is 5.12. The number of carbonyl (C=O) groups is 1. The van der Waals surface area contributed by atoms with Gasteiger partial charge in [0.25, 0.3) is 0 Å². The number of nitrogens with zero attached hydrogens (tertiary/aromatic N) is 2. The van der Waals surface area contributed by atoms with E-state index in [1.165, 1.54) is 5.56 Å². The van der Waals surface area contributed by atoms with E-state index in [1.807, 2.05) is 4.90 Å². The summed E-state index contributed by atoms with van der Waals surface area (Å²) in [6, 6.07) is 10.6. The van der Waals surface area contributed by atoms with Crippen molar-refractivity contribution < 1.29 is 9.53 Å². The van der Waals surface area contributed by atoms with E-state index in [0.29, 0.717) is 12.5 Å². The van der Waals surface area contributed by atoms with E-state index in [-0.39, 0.29) is 5.41 Å². The Morgan fingerprint density at radius 3 is 2.77 bits per heavy atom. The number of benzene rings is 1. The molecule has 2 aliphatic heterocycles. The van der Waals surface area contributed by atoms with Gasteiger partial charge in [-0.2, -0.15) is 0 Å². The lowest BCUT2D eigenvalue weighted by Gasteiger charge is -2.39. The number of amides is 1. The van der Waals surface area contributed by atoms with Crippen molar-refractivity contribution in [2.75, 3.05) is 39.9 Å². The van der Waals surface area contributed by atoms with E-state index in [2.05, 4.69) is 35.2 Å². The van der Waals surface area contributed by atoms with Crippen molar-refractivity contribution in [3.63, 3.8) is 0 Å². The van der Waals surface area contributed by atoms with Crippen LogP contribution in [0.1, 0.15) is 24.8 Å². The Morgan fingerprint density at radius 1 is 1.18 bits per heavy atom. The first kappa shape index (κ1) is 15.5. The zero-order chi connectivity index (χ0) is 15.4. The first-order valence-electron chi connectivity index (χ1n) is 8.28. The maximum Gasteiger partial charge on any atom is 0.230 e. The van der Waals surface area contributed by atoms with Gasteiger partial charge in [-0.3, -0.25) is 9.69 Å². The lowest BCUT2D eigenvalue weighted by atomic mass is 9.78. The summed E-state index contributed by atoms with van der Waals surface area (Å²) in [5, 5.41) is 0. The largest absolute Gasteiger partial charge is 0.383 e. The molecule has 3 rings (SSSR count). The van der Waals surface area contributed by atoms with Gasteiger partial charge in [0.05, 0.1) is 12.0 Å². The molecule has 0 N–H and O–H groups in total. The van der Waals surface area contributed by atoms with Crippen molar-refractivity contribution in [2.24, 2.45) is 5.41 Å². The molecule has 0 radical (unpaired) electrons. The molecule has 2 saturated heterocycles. The maximum atomic E-state index is 12.8. The normalized spacial score (nSPS) is 26.0. The molecule has 2 aliphatic rings. The molecule has 0 bridgehead atoms. The average Bonchev–Trinajstić information content (AvgIpc) is 2.83. The lowest BCUT2D eigenvalue weighted by molar-refractivity contribution is -0.139. The van der Waals surface area contributed by atoms with Crippen LogP contribution in [0.25, 0.3) is 0 Å². The number of rotatable bonds is 5. The number of ether oxygens (including phenoxy) is 1. The first-order chi connectivity index (χ1) is 10.7. The highest BCUT2D eigenvalue weighted by Gasteiger charge is 2.48. The van der Waals surface area contributed by atoms with Gasteiger partial charge in [0, 0.05) is 33.3 Å². The van der Waals surface area contributed by atoms with E-state index in [1.54, 1.807) is 7.11 Å². The SMILES string of the molecule is COCCN1CCC2(CCCN(Cc3ccccc3)C2)C1=O. The minimum absolute atomic E-state index is 0.138. The predicted octanol–water partition coefficient (Wildman–Crippen LogP) is 2.15. The van der Waals surface area contributed by atoms with Gasteiger partial charge in [0.15, 0.2) is 0 Å². The molecule has 1 amide bonds. The lowest BCUT2D eigenvalue weighted by Crippen LogP contribution is -2.47. The van der Waals surface area contributed by atoms with E-state index in [9.17, 15) is 4.79 Å². The standard InChI is InChI=1S/C18H26N2O2/c1-22-13-12-20-11-9-18(17(20)21)8-5-10-19(15-18)14-16-6-3-2-4-7-16/h2-4,6-7H,5,8-15H2,1H3. The molecule has 0 aromatic heterocycles. The number of hydrogen-bond acceptors (Lipinski definition) is 3. The fourth-order valence-electron chi connectivity index (χ4n) is 3.89. The van der Waals surface area contributed by atoms with Gasteiger partial charge in [-0.05, 0) is 31.4 Å². The smallest absolute Gasteiger partial charge is 0.230 e. The molecule has 120 valence electrons. The van der Waals surface area contributed by atoms with Gasteiger partial charge in [-0.1, -0.05) is 30.3 Å². The third kappa shape index (κ3) is 3.18. The summed E-state index contributed by atoms with van der Waals surface area (Å²) in [6.07, 6.45) is 3.16. The molecule has 22 heavy (non-hydrogen) atoms. The van der Waals surface area contributed by atoms with Crippen molar-refractivity contribution in [2.45, 2.75) is 25.8 Å². The Labute approximate surface area is 133 Å². The zero-order valence-electron chi connectivity index (χ0n) is 13.5. The molecule has 4 heteroatoms. The fraction of sp³-hybridized carbons (Fsp3) is 0.611. The second-order valence-corrected chi connectivity index (χ2v) is 6.62. The van der Waals surface area contributed by atoms with Crippen LogP contribution < -0.4 is 0 Å². The third-order valence-electron chi connectivity index (χ3n) is 5.07. The van der Waals surface area contributed by atoms with Crippen LogP contribution in [0.5, 0.6) is 0 Å². The third-order valence-corrected chi connectivity index (χ3v) is 5.07. The zero-order valence-corrected chi connectivity index (χ0v) is 13.5. The maximum absolute atomic E-state index is 12.8. The highest BCUT2D eigenvalue weighted by Crippen LogP contribution is 2.40. The Bertz CT molecular complexity index is 505. The van der Waals surface area contributed by atoms with Crippen molar-refractivity contribution in [1.82, 2.24) is 9.80 Å². The molecule has 0 saturated carbocycles. The number of methoxy groups -OCH3 is 1. The van der Waals surface area contributed by atoms with E-state index in [0.717, 1.165) is 52.0 Å². The number of piperidine rings is 1. The highest BCUT2D eigenvalue weighted by atomic mass is 16.5. The van der Waals surface area contributed by atoms with Gasteiger partial charge in [-0.15, -0.1) is 0 Å². The van der Waals surface area contributed by atoms with Gasteiger partial charge < -0.3 is 9.64 Å². The van der Waals surface area contributed by atoms with Crippen LogP contribution in [-0.2, 0) is 16.1 Å². The van der Waals surface area contributed by atoms with Crippen LogP contribution in [0.3, 0.4) is 0 Å². The summed E-state index contributed by atoms with van der Waals surface area (Å²) in [5.74, 6) is 0.349. The molecule has 0 aliphatic carbocycles. The molecule has 1 atom stereocenters. The summed E-state index contributed by atoms with van der Waals surface area (Å²) in [6.45, 7) is 5.22. The van der Waals surface area contributed by atoms with Crippen LogP contribution in [0, 0.1) is 5.41 Å². The van der Waals surface area contributed by atoms with Gasteiger partial charge >= 0.3 is 0 Å². The van der Waals surface area contributed by atoms with Crippen LogP contribution in [0.15, 0.2) is 30.3 Å². The van der Waals surface area contributed by atoms with E-state index >= 15 is 0 Å². The van der Waals surface area contributed by atoms with E-state index in [4.69, 9.17) is 4.74 Å². The Morgan fingerprint density at radius 2 is 2.00 bits per heavy atom. The molecule has 2 heterocycles. The Balaban J connectivity index is 1.64. The first-order valence-corrected chi connectivity index (χ1v) is 8.28. The van der Waals surface area contributed by atoms with Crippen molar-refractivity contribution in [1.29, 1.82) is 0 Å². The van der Waals surface area contributed by atoms with Crippen LogP contribution >= 0.6 is 0 Å². The molecular formula is C18H26N2O2. The van der Waals surface area contributed by atoms with Crippen LogP contribution in [0.4, 0.5) is 0 Å². The summed E-state index contributed by atoms with van der Waals surface area (Å²) in [7, 11) is 1.69. The van der Waals surface area contributed by atoms with Crippen molar-refractivity contribution in [3.05, 3.63) is 35.9 Å². The van der Waals surface area contributed by atoms with Crippen LogP contribution in [0.2, 0.25) is 0 Å². The number of carbonyl (C=O) groups excluding carboxylic acids is 1. The molecule has 1 spiro atoms. The minimum Gasteiger partial charge on any atom is -0.383 e. The molecule has 1 unspecified atom stereocenters. The second kappa shape index (κ2) is 6.80. The molecule has 4 nitrogen and oxygen atoms in total. The monoisotopic (exact) mass is 302 g/mol. The summed E-state index contributed by atoms with van der Waals surface area (Å²) in [4.78, 5) is 17.3. The Hall–Kier alpha value is -1.39. The van der Waals surface area contributed by atoms with E-state index < -0.39 is 0 Å². The van der Waals surface area contributed by atoms with Crippen molar-refractivity contribution >= 4 is 5.91 Å². The number of likely N-dealkylation sites (tertiary alicyclic amines) is 2. The molecule has 2 fully saturated rings. The minimum atomic E-state index is -0.138. The second-order valence-electron chi connectivity index (χ2n) is 6.62. The van der Waals surface area contributed by atoms with Crippen LogP contribution in [-0.4, -0.2) is 55.6 Å². The molecular weight excluding hydrogens is 276 g/mol. The number of hydrogen-bond donors (Lipinski definition) is 0. The van der Waals surface area contributed by atoms with Gasteiger partial charge in [-0.25, -0.2) is 0 Å². The highest BCUT2D eigenvalue weighted by molar-refractivity contribution is 5.85. The quantitative estimate of drug-likeness (QED) is 0.835. The average molecular weight is 302 g/mol. The Kier molecular flexibility index (Phi) is 4.79. The topological polar surface area (TPSA) is 32.8 Å². The van der Waals surface area contributed by atoms with Crippen molar-refractivity contribution in [3.8, 4) is 0 Å². The van der Waals surface area contributed by atoms with Gasteiger partial charge in [0.2, 0.25) is 5.91 Å². The summed E-state index contributed by atoms with van der Waals surface area (Å²) in [5.41, 5.74) is 1.20. The summed E-state index contributed by atoms with van der Waals surface area (Å²) >= 11 is 0. The molecule has 1 aromatic rings. The molecule has 1 aromatic carbocycles. The fourth-order valence-corrected chi connectivity index (χ4v) is 3.89.